The smallest absolute Gasteiger partial charge is 0.283 e. The van der Waals surface area contributed by atoms with Gasteiger partial charge in [0.05, 0.1) is 19.3 Å². The van der Waals surface area contributed by atoms with E-state index >= 15 is 0 Å². The summed E-state index contributed by atoms with van der Waals surface area (Å²) in [6.07, 6.45) is 2.62. The minimum absolute atomic E-state index is 0.270. The van der Waals surface area contributed by atoms with Crippen molar-refractivity contribution >= 4 is 0 Å². The summed E-state index contributed by atoms with van der Waals surface area (Å²) in [6.45, 7) is 2.82. The van der Waals surface area contributed by atoms with E-state index in [1.807, 2.05) is 24.3 Å². The third-order valence-corrected chi connectivity index (χ3v) is 4.33. The van der Waals surface area contributed by atoms with Gasteiger partial charge in [-0.15, -0.1) is 10.2 Å². The van der Waals surface area contributed by atoms with Crippen molar-refractivity contribution in [1.82, 2.24) is 15.1 Å². The predicted octanol–water partition coefficient (Wildman–Crippen LogP) is 3.33. The fourth-order valence-corrected chi connectivity index (χ4v) is 3.11. The van der Waals surface area contributed by atoms with Gasteiger partial charge < -0.3 is 13.6 Å². The van der Waals surface area contributed by atoms with Gasteiger partial charge >= 0.3 is 0 Å². The molecule has 1 fully saturated rings. The summed E-state index contributed by atoms with van der Waals surface area (Å²) in [7, 11) is 1.69. The summed E-state index contributed by atoms with van der Waals surface area (Å²) >= 11 is 0. The molecule has 1 aliphatic rings. The fraction of sp³-hybridized carbons (Fsp3) is 0.333. The molecule has 0 amide bonds. The Kier molecular flexibility index (Phi) is 4.04. The van der Waals surface area contributed by atoms with Crippen LogP contribution >= 0.6 is 0 Å². The van der Waals surface area contributed by atoms with E-state index in [0.29, 0.717) is 17.5 Å². The van der Waals surface area contributed by atoms with Crippen molar-refractivity contribution in [2.75, 3.05) is 20.2 Å². The molecule has 1 aliphatic heterocycles. The van der Waals surface area contributed by atoms with Crippen LogP contribution in [0.4, 0.5) is 0 Å². The number of rotatable bonds is 5. The van der Waals surface area contributed by atoms with Gasteiger partial charge in [0.2, 0.25) is 5.89 Å². The van der Waals surface area contributed by atoms with E-state index in [0.717, 1.165) is 31.8 Å². The lowest BCUT2D eigenvalue weighted by molar-refractivity contribution is 0.319. The lowest BCUT2D eigenvalue weighted by Gasteiger charge is -2.15. The first-order chi connectivity index (χ1) is 11.8. The van der Waals surface area contributed by atoms with E-state index in [1.54, 1.807) is 13.4 Å². The fourth-order valence-electron chi connectivity index (χ4n) is 3.11. The molecule has 0 radical (unpaired) electrons. The quantitative estimate of drug-likeness (QED) is 0.717. The van der Waals surface area contributed by atoms with E-state index in [-0.39, 0.29) is 5.92 Å². The zero-order valence-electron chi connectivity index (χ0n) is 13.5. The highest BCUT2D eigenvalue weighted by atomic mass is 16.5. The number of hydrogen-bond acceptors (Lipinski definition) is 6. The number of hydrogen-bond donors (Lipinski definition) is 0. The molecule has 4 rings (SSSR count). The summed E-state index contributed by atoms with van der Waals surface area (Å²) < 4.78 is 16.4. The zero-order valence-corrected chi connectivity index (χ0v) is 13.5. The van der Waals surface area contributed by atoms with Crippen molar-refractivity contribution in [1.29, 1.82) is 0 Å². The third kappa shape index (κ3) is 3.05. The summed E-state index contributed by atoms with van der Waals surface area (Å²) in [5.74, 6) is 2.91. The van der Waals surface area contributed by atoms with Gasteiger partial charge in [0.15, 0.2) is 5.76 Å². The van der Waals surface area contributed by atoms with Crippen molar-refractivity contribution in [3.05, 3.63) is 54.1 Å². The first-order valence-corrected chi connectivity index (χ1v) is 8.04. The molecule has 1 atom stereocenters. The van der Waals surface area contributed by atoms with Gasteiger partial charge in [0, 0.05) is 13.1 Å². The van der Waals surface area contributed by atoms with Gasteiger partial charge in [-0.1, -0.05) is 12.1 Å². The van der Waals surface area contributed by atoms with E-state index in [4.69, 9.17) is 13.6 Å². The second kappa shape index (κ2) is 6.49. The number of ether oxygens (including phenoxy) is 1. The molecular formula is C18H19N3O3. The maximum absolute atomic E-state index is 5.78. The number of furan rings is 1. The summed E-state index contributed by atoms with van der Waals surface area (Å²) in [4.78, 5) is 2.40. The Morgan fingerprint density at radius 2 is 2.21 bits per heavy atom. The summed E-state index contributed by atoms with van der Waals surface area (Å²) in [6, 6.07) is 11.8. The normalized spacial score (nSPS) is 18.1. The molecule has 6 nitrogen and oxygen atoms in total. The number of methoxy groups -OCH3 is 1. The van der Waals surface area contributed by atoms with Crippen LogP contribution in [0.5, 0.6) is 5.75 Å². The third-order valence-electron chi connectivity index (χ3n) is 4.33. The van der Waals surface area contributed by atoms with Crippen molar-refractivity contribution in [2.24, 2.45) is 0 Å². The van der Waals surface area contributed by atoms with Crippen LogP contribution in [-0.4, -0.2) is 35.3 Å². The molecule has 1 aromatic carbocycles. The Hall–Kier alpha value is -2.60. The van der Waals surface area contributed by atoms with Crippen LogP contribution in [0.1, 0.15) is 23.8 Å². The zero-order chi connectivity index (χ0) is 16.4. The average Bonchev–Trinajstić information content (AvgIpc) is 3.35. The van der Waals surface area contributed by atoms with Gasteiger partial charge in [0.1, 0.15) is 5.75 Å². The van der Waals surface area contributed by atoms with E-state index < -0.39 is 0 Å². The Morgan fingerprint density at radius 1 is 1.25 bits per heavy atom. The Morgan fingerprint density at radius 3 is 3.04 bits per heavy atom. The first kappa shape index (κ1) is 15.0. The number of benzene rings is 1. The molecule has 6 heteroatoms. The van der Waals surface area contributed by atoms with Crippen molar-refractivity contribution in [3.63, 3.8) is 0 Å². The van der Waals surface area contributed by atoms with Crippen molar-refractivity contribution < 1.29 is 13.6 Å². The molecule has 0 spiro atoms. The molecule has 0 saturated carbocycles. The van der Waals surface area contributed by atoms with E-state index in [2.05, 4.69) is 27.2 Å². The number of aromatic nitrogens is 2. The van der Waals surface area contributed by atoms with E-state index in [1.165, 1.54) is 5.56 Å². The number of nitrogens with zero attached hydrogens (tertiary/aromatic N) is 3. The highest BCUT2D eigenvalue weighted by Crippen LogP contribution is 2.29. The molecule has 2 aromatic heterocycles. The van der Waals surface area contributed by atoms with Crippen molar-refractivity contribution in [2.45, 2.75) is 18.9 Å². The SMILES string of the molecule is COc1cccc(CN2CC[C@H](c3nnc(-c4ccco4)o3)C2)c1. The molecule has 0 bridgehead atoms. The maximum atomic E-state index is 5.78. The molecule has 3 heterocycles. The predicted molar refractivity (Wildman–Crippen MR) is 87.6 cm³/mol. The van der Waals surface area contributed by atoms with Crippen LogP contribution in [0, 0.1) is 0 Å². The first-order valence-electron chi connectivity index (χ1n) is 8.04. The van der Waals surface area contributed by atoms with Crippen LogP contribution < -0.4 is 4.74 Å². The van der Waals surface area contributed by atoms with Crippen LogP contribution in [0.3, 0.4) is 0 Å². The minimum Gasteiger partial charge on any atom is -0.497 e. The van der Waals surface area contributed by atoms with Crippen molar-refractivity contribution in [3.8, 4) is 17.4 Å². The van der Waals surface area contributed by atoms with Gasteiger partial charge in [-0.3, -0.25) is 4.90 Å². The second-order valence-corrected chi connectivity index (χ2v) is 5.99. The van der Waals surface area contributed by atoms with Crippen LogP contribution in [0.25, 0.3) is 11.7 Å². The van der Waals surface area contributed by atoms with Gasteiger partial charge in [-0.05, 0) is 42.8 Å². The lowest BCUT2D eigenvalue weighted by atomic mass is 10.1. The average molecular weight is 325 g/mol. The second-order valence-electron chi connectivity index (χ2n) is 5.99. The minimum atomic E-state index is 0.270. The summed E-state index contributed by atoms with van der Waals surface area (Å²) in [5, 5.41) is 8.29. The van der Waals surface area contributed by atoms with Gasteiger partial charge in [-0.25, -0.2) is 0 Å². The highest BCUT2D eigenvalue weighted by Gasteiger charge is 2.28. The van der Waals surface area contributed by atoms with Gasteiger partial charge in [-0.2, -0.15) is 0 Å². The largest absolute Gasteiger partial charge is 0.497 e. The molecule has 1 saturated heterocycles. The van der Waals surface area contributed by atoms with Crippen LogP contribution in [-0.2, 0) is 6.54 Å². The lowest BCUT2D eigenvalue weighted by Crippen LogP contribution is -2.19. The molecule has 0 unspecified atom stereocenters. The highest BCUT2D eigenvalue weighted by molar-refractivity contribution is 5.42. The molecule has 3 aromatic rings. The van der Waals surface area contributed by atoms with Gasteiger partial charge in [0.25, 0.3) is 5.89 Å². The monoisotopic (exact) mass is 325 g/mol. The Bertz CT molecular complexity index is 797. The number of likely N-dealkylation sites (tertiary alicyclic amines) is 1. The molecule has 0 aliphatic carbocycles. The van der Waals surface area contributed by atoms with Crippen LogP contribution in [0.2, 0.25) is 0 Å². The molecular weight excluding hydrogens is 306 g/mol. The standard InChI is InChI=1S/C18H19N3O3/c1-22-15-5-2-4-13(10-15)11-21-8-7-14(12-21)17-19-20-18(24-17)16-6-3-9-23-16/h2-6,9-10,14H,7-8,11-12H2,1H3/t14-/m0/s1. The molecule has 0 N–H and O–H groups in total. The molecule has 24 heavy (non-hydrogen) atoms. The Labute approximate surface area is 140 Å². The van der Waals surface area contributed by atoms with E-state index in [9.17, 15) is 0 Å². The molecule has 124 valence electrons. The topological polar surface area (TPSA) is 64.5 Å². The summed E-state index contributed by atoms with van der Waals surface area (Å²) in [5.41, 5.74) is 1.25. The van der Waals surface area contributed by atoms with Crippen LogP contribution in [0.15, 0.2) is 51.5 Å². The Balaban J connectivity index is 1.41. The maximum Gasteiger partial charge on any atom is 0.283 e.